The van der Waals surface area contributed by atoms with E-state index in [-0.39, 0.29) is 25.7 Å². The molecule has 12 heteroatoms. The van der Waals surface area contributed by atoms with Crippen LogP contribution in [0, 0.1) is 0 Å². The molecule has 0 aromatic heterocycles. The number of methoxy groups -OCH3 is 3. The second kappa shape index (κ2) is 13.4. The second-order valence-corrected chi connectivity index (χ2v) is 9.10. The third-order valence-corrected chi connectivity index (χ3v) is 7.00. The van der Waals surface area contributed by atoms with Gasteiger partial charge in [-0.1, -0.05) is 19.1 Å². The molecule has 1 unspecified atom stereocenters. The summed E-state index contributed by atoms with van der Waals surface area (Å²) in [7, 11) is 6.89. The summed E-state index contributed by atoms with van der Waals surface area (Å²) in [5.74, 6) is -1.45. The number of hydrogen-bond donors (Lipinski definition) is 1. The van der Waals surface area contributed by atoms with Crippen LogP contribution in [0.2, 0.25) is 0 Å². The van der Waals surface area contributed by atoms with E-state index in [0.29, 0.717) is 35.7 Å². The SMILES string of the molecule is C=CCOC(=O)N1c2cc(OCCCC(=O)O)c(OC)cc2C(OC)(OC)CN2CCCC[C@H]2[C@@H]1OP. The van der Waals surface area contributed by atoms with Crippen LogP contribution >= 0.6 is 9.47 Å². The molecule has 2 heterocycles. The molecule has 0 radical (unpaired) electrons. The fraction of sp³-hybridized carbons (Fsp3) is 0.600. The summed E-state index contributed by atoms with van der Waals surface area (Å²) in [6.07, 6.45) is 3.17. The summed E-state index contributed by atoms with van der Waals surface area (Å²) in [6, 6.07) is 3.21. The van der Waals surface area contributed by atoms with E-state index in [1.807, 2.05) is 0 Å². The van der Waals surface area contributed by atoms with E-state index in [1.54, 1.807) is 26.4 Å². The third kappa shape index (κ3) is 6.35. The van der Waals surface area contributed by atoms with Crippen molar-refractivity contribution in [3.05, 3.63) is 30.4 Å². The lowest BCUT2D eigenvalue weighted by Crippen LogP contribution is -2.61. The molecule has 37 heavy (non-hydrogen) atoms. The van der Waals surface area contributed by atoms with Gasteiger partial charge < -0.3 is 33.3 Å². The molecule has 2 aliphatic heterocycles. The largest absolute Gasteiger partial charge is 0.493 e. The van der Waals surface area contributed by atoms with E-state index < -0.39 is 24.1 Å². The van der Waals surface area contributed by atoms with Crippen molar-refractivity contribution in [3.63, 3.8) is 0 Å². The molecule has 1 N–H and O–H groups in total. The zero-order valence-corrected chi connectivity index (χ0v) is 22.8. The highest BCUT2D eigenvalue weighted by atomic mass is 31.0. The fourth-order valence-corrected chi connectivity index (χ4v) is 5.22. The highest BCUT2D eigenvalue weighted by Crippen LogP contribution is 2.46. The predicted octanol–water partition coefficient (Wildman–Crippen LogP) is 3.51. The van der Waals surface area contributed by atoms with Crippen LogP contribution in [0.4, 0.5) is 10.5 Å². The van der Waals surface area contributed by atoms with Crippen molar-refractivity contribution >= 4 is 27.2 Å². The number of carboxylic acids is 1. The average molecular weight is 541 g/mol. The minimum Gasteiger partial charge on any atom is -0.493 e. The van der Waals surface area contributed by atoms with Crippen LogP contribution in [-0.4, -0.2) is 82.0 Å². The lowest BCUT2D eigenvalue weighted by atomic mass is 9.92. The fourth-order valence-electron chi connectivity index (χ4n) is 4.92. The molecular formula is C25H37N2O9P. The zero-order valence-electron chi connectivity index (χ0n) is 21.6. The van der Waals surface area contributed by atoms with Crippen LogP contribution in [0.1, 0.15) is 37.7 Å². The topological polar surface area (TPSA) is 116 Å². The van der Waals surface area contributed by atoms with Crippen LogP contribution < -0.4 is 14.4 Å². The number of rotatable bonds is 11. The Morgan fingerprint density at radius 3 is 2.59 bits per heavy atom. The molecule has 0 saturated carbocycles. The molecule has 1 aromatic rings. The minimum atomic E-state index is -1.25. The van der Waals surface area contributed by atoms with E-state index in [1.165, 1.54) is 18.1 Å². The number of amides is 1. The molecule has 1 fully saturated rings. The molecule has 2 aliphatic rings. The number of carboxylic acid groups (broad SMARTS) is 1. The van der Waals surface area contributed by atoms with Crippen LogP contribution in [-0.2, 0) is 29.3 Å². The first kappa shape index (κ1) is 29.1. The number of carbonyl (C=O) groups excluding carboxylic acids is 1. The zero-order chi connectivity index (χ0) is 27.0. The van der Waals surface area contributed by atoms with Crippen molar-refractivity contribution in [1.82, 2.24) is 4.90 Å². The van der Waals surface area contributed by atoms with Crippen LogP contribution in [0.5, 0.6) is 11.5 Å². The van der Waals surface area contributed by atoms with Gasteiger partial charge in [0.15, 0.2) is 17.7 Å². The van der Waals surface area contributed by atoms with Gasteiger partial charge in [-0.05, 0) is 31.9 Å². The van der Waals surface area contributed by atoms with E-state index in [0.717, 1.165) is 25.8 Å². The van der Waals surface area contributed by atoms with Gasteiger partial charge in [-0.25, -0.2) is 9.69 Å². The minimum absolute atomic E-state index is 0.0109. The smallest absolute Gasteiger partial charge is 0.416 e. The van der Waals surface area contributed by atoms with Gasteiger partial charge in [0.2, 0.25) is 5.79 Å². The Hall–Kier alpha value is -2.43. The van der Waals surface area contributed by atoms with Gasteiger partial charge in [0, 0.05) is 41.7 Å². The van der Waals surface area contributed by atoms with Crippen LogP contribution in [0.15, 0.2) is 24.8 Å². The number of anilines is 1. The molecule has 1 saturated heterocycles. The standard InChI is InChI=1S/C25H37N2O9P/c1-5-12-35-24(30)27-19-15-21(34-13-8-10-22(28)29)20(31-2)14-17(19)25(32-3,33-4)16-26-11-7-6-9-18(26)23(27)36-37/h5,14-15,18,23H,1,6-13,16,37H2,2-4H3,(H,28,29)/t18-,23-/m0/s1. The van der Waals surface area contributed by atoms with Crippen LogP contribution in [0.3, 0.4) is 0 Å². The highest BCUT2D eigenvalue weighted by Gasteiger charge is 2.48. The Bertz CT molecular complexity index is 956. The van der Waals surface area contributed by atoms with Gasteiger partial charge in [0.05, 0.1) is 32.0 Å². The van der Waals surface area contributed by atoms with Crippen LogP contribution in [0.25, 0.3) is 0 Å². The van der Waals surface area contributed by atoms with E-state index in [9.17, 15) is 9.59 Å². The van der Waals surface area contributed by atoms with Crippen molar-refractivity contribution in [3.8, 4) is 11.5 Å². The Kier molecular flexibility index (Phi) is 10.5. The number of aliphatic carboxylic acids is 1. The molecule has 3 rings (SSSR count). The number of hydrogen-bond acceptors (Lipinski definition) is 9. The first-order valence-electron chi connectivity index (χ1n) is 12.2. The van der Waals surface area contributed by atoms with Crippen molar-refractivity contribution < 1.29 is 42.9 Å². The number of carbonyl (C=O) groups is 2. The van der Waals surface area contributed by atoms with Crippen molar-refractivity contribution in [2.75, 3.05) is 52.5 Å². The second-order valence-electron chi connectivity index (χ2n) is 8.82. The van der Waals surface area contributed by atoms with Gasteiger partial charge in [0.25, 0.3) is 0 Å². The summed E-state index contributed by atoms with van der Waals surface area (Å²) < 4.78 is 34.9. The van der Waals surface area contributed by atoms with Gasteiger partial charge in [-0.2, -0.15) is 0 Å². The van der Waals surface area contributed by atoms with Crippen molar-refractivity contribution in [2.24, 2.45) is 0 Å². The van der Waals surface area contributed by atoms with E-state index in [4.69, 9.17) is 33.3 Å². The normalized spacial score (nSPS) is 21.1. The van der Waals surface area contributed by atoms with Gasteiger partial charge in [-0.15, -0.1) is 0 Å². The first-order chi connectivity index (χ1) is 17.8. The highest BCUT2D eigenvalue weighted by molar-refractivity contribution is 7.09. The Morgan fingerprint density at radius 2 is 1.97 bits per heavy atom. The monoisotopic (exact) mass is 540 g/mol. The lowest BCUT2D eigenvalue weighted by molar-refractivity contribution is -0.233. The molecule has 206 valence electrons. The van der Waals surface area contributed by atoms with E-state index >= 15 is 0 Å². The average Bonchev–Trinajstić information content (AvgIpc) is 2.90. The van der Waals surface area contributed by atoms with Gasteiger partial charge in [0.1, 0.15) is 6.61 Å². The molecule has 3 atom stereocenters. The molecule has 0 bridgehead atoms. The summed E-state index contributed by atoms with van der Waals surface area (Å²) in [5.41, 5.74) is 0.934. The Balaban J connectivity index is 2.21. The third-order valence-electron chi connectivity index (χ3n) is 6.72. The Morgan fingerprint density at radius 1 is 1.22 bits per heavy atom. The van der Waals surface area contributed by atoms with Gasteiger partial charge >= 0.3 is 12.1 Å². The maximum absolute atomic E-state index is 13.5. The first-order valence-corrected chi connectivity index (χ1v) is 12.7. The number of piperidine rings is 1. The predicted molar refractivity (Wildman–Crippen MR) is 139 cm³/mol. The number of benzene rings is 1. The number of nitrogens with zero attached hydrogens (tertiary/aromatic N) is 2. The summed E-state index contributed by atoms with van der Waals surface area (Å²) in [6.45, 7) is 4.96. The van der Waals surface area contributed by atoms with Crippen molar-refractivity contribution in [1.29, 1.82) is 0 Å². The Labute approximate surface area is 219 Å². The maximum Gasteiger partial charge on any atom is 0.416 e. The van der Waals surface area contributed by atoms with E-state index in [2.05, 4.69) is 20.9 Å². The summed E-state index contributed by atoms with van der Waals surface area (Å²) in [4.78, 5) is 28.1. The number of fused-ring (bicyclic) bond motifs is 2. The molecule has 0 aliphatic carbocycles. The lowest BCUT2D eigenvalue weighted by Gasteiger charge is -2.49. The quantitative estimate of drug-likeness (QED) is 0.193. The summed E-state index contributed by atoms with van der Waals surface area (Å²) >= 11 is 0. The molecule has 11 nitrogen and oxygen atoms in total. The number of ether oxygens (including phenoxy) is 5. The molecular weight excluding hydrogens is 503 g/mol. The molecule has 1 amide bonds. The molecule has 0 spiro atoms. The molecule has 1 aromatic carbocycles. The summed E-state index contributed by atoms with van der Waals surface area (Å²) in [5, 5.41) is 8.96. The van der Waals surface area contributed by atoms with Gasteiger partial charge in [-0.3, -0.25) is 9.69 Å². The maximum atomic E-state index is 13.5. The van der Waals surface area contributed by atoms with Crippen molar-refractivity contribution in [2.45, 2.75) is 50.2 Å².